The molecule has 0 aliphatic heterocycles. The molecule has 0 fully saturated rings. The molecule has 3 rings (SSSR count). The first kappa shape index (κ1) is 20.7. The van der Waals surface area contributed by atoms with E-state index in [-0.39, 0.29) is 5.91 Å². The molecule has 0 atom stereocenters. The third-order valence-electron chi connectivity index (χ3n) is 4.68. The second-order valence-electron chi connectivity index (χ2n) is 6.75. The molecule has 1 aromatic heterocycles. The van der Waals surface area contributed by atoms with E-state index in [2.05, 4.69) is 15.1 Å². The van der Waals surface area contributed by atoms with Crippen LogP contribution in [0.15, 0.2) is 53.6 Å². The molecule has 0 aliphatic rings. The molecule has 5 nitrogen and oxygen atoms in total. The average Bonchev–Trinajstić information content (AvgIpc) is 2.98. The van der Waals surface area contributed by atoms with Gasteiger partial charge in [-0.15, -0.1) is 0 Å². The Labute approximate surface area is 176 Å². The number of hydrogen-bond acceptors (Lipinski definition) is 3. The van der Waals surface area contributed by atoms with Gasteiger partial charge >= 0.3 is 0 Å². The van der Waals surface area contributed by atoms with Gasteiger partial charge in [0.2, 0.25) is 0 Å². The van der Waals surface area contributed by atoms with Gasteiger partial charge in [-0.05, 0) is 75.7 Å². The Morgan fingerprint density at radius 2 is 1.86 bits per heavy atom. The van der Waals surface area contributed by atoms with Gasteiger partial charge in [0.1, 0.15) is 5.75 Å². The van der Waals surface area contributed by atoms with Gasteiger partial charge in [0.05, 0.1) is 12.8 Å². The number of rotatable bonds is 6. The zero-order chi connectivity index (χ0) is 21.0. The van der Waals surface area contributed by atoms with Gasteiger partial charge in [-0.3, -0.25) is 4.79 Å². The van der Waals surface area contributed by atoms with Crippen LogP contribution in [-0.2, 0) is 0 Å². The average molecular weight is 410 g/mol. The molecule has 150 valence electrons. The molecule has 2 aromatic carbocycles. The van der Waals surface area contributed by atoms with Gasteiger partial charge in [0.15, 0.2) is 0 Å². The molecule has 0 unspecified atom stereocenters. The molecule has 0 spiro atoms. The van der Waals surface area contributed by atoms with Crippen LogP contribution in [0.25, 0.3) is 5.69 Å². The first-order chi connectivity index (χ1) is 13.9. The van der Waals surface area contributed by atoms with Crippen molar-refractivity contribution in [1.29, 1.82) is 0 Å². The van der Waals surface area contributed by atoms with Crippen molar-refractivity contribution >= 4 is 23.7 Å². The van der Waals surface area contributed by atoms with Crippen molar-refractivity contribution in [1.82, 2.24) is 9.99 Å². The summed E-state index contributed by atoms with van der Waals surface area (Å²) in [5.41, 5.74) is 8.12. The van der Waals surface area contributed by atoms with Gasteiger partial charge in [0, 0.05) is 33.2 Å². The number of nitrogens with zero attached hydrogens (tertiary/aromatic N) is 2. The van der Waals surface area contributed by atoms with E-state index < -0.39 is 0 Å². The van der Waals surface area contributed by atoms with Crippen molar-refractivity contribution in [2.45, 2.75) is 27.7 Å². The van der Waals surface area contributed by atoms with Crippen LogP contribution in [0.5, 0.6) is 5.75 Å². The SMILES string of the molecule is CCOc1ccc(C(=O)N/N=C\c2cc(C)n(-c3ccc(C)c(Cl)c3)c2C)cc1. The van der Waals surface area contributed by atoms with Crippen LogP contribution in [0.3, 0.4) is 0 Å². The fourth-order valence-corrected chi connectivity index (χ4v) is 3.31. The van der Waals surface area contributed by atoms with Crippen molar-refractivity contribution in [3.63, 3.8) is 0 Å². The third kappa shape index (κ3) is 4.69. The van der Waals surface area contributed by atoms with Crippen LogP contribution >= 0.6 is 11.6 Å². The topological polar surface area (TPSA) is 55.6 Å². The second kappa shape index (κ2) is 8.97. The highest BCUT2D eigenvalue weighted by atomic mass is 35.5. The first-order valence-corrected chi connectivity index (χ1v) is 9.80. The van der Waals surface area contributed by atoms with Gasteiger partial charge in [-0.2, -0.15) is 5.10 Å². The number of halogens is 1. The lowest BCUT2D eigenvalue weighted by molar-refractivity contribution is 0.0955. The van der Waals surface area contributed by atoms with E-state index in [0.29, 0.717) is 12.2 Å². The highest BCUT2D eigenvalue weighted by Crippen LogP contribution is 2.24. The molecule has 3 aromatic rings. The van der Waals surface area contributed by atoms with Crippen LogP contribution in [0.1, 0.15) is 39.8 Å². The summed E-state index contributed by atoms with van der Waals surface area (Å²) >= 11 is 6.28. The normalized spacial score (nSPS) is 11.1. The number of benzene rings is 2. The Hall–Kier alpha value is -3.05. The van der Waals surface area contributed by atoms with Crippen molar-refractivity contribution in [2.24, 2.45) is 5.10 Å². The van der Waals surface area contributed by atoms with E-state index in [1.54, 1.807) is 30.5 Å². The molecule has 1 amide bonds. The molecule has 0 saturated carbocycles. The number of carbonyl (C=O) groups excluding carboxylic acids is 1. The van der Waals surface area contributed by atoms with Crippen LogP contribution in [0.4, 0.5) is 0 Å². The maximum Gasteiger partial charge on any atom is 0.271 e. The maximum absolute atomic E-state index is 12.3. The second-order valence-corrected chi connectivity index (χ2v) is 7.16. The third-order valence-corrected chi connectivity index (χ3v) is 5.09. The van der Waals surface area contributed by atoms with Crippen LogP contribution in [0.2, 0.25) is 5.02 Å². The van der Waals surface area contributed by atoms with E-state index in [1.165, 1.54) is 0 Å². The van der Waals surface area contributed by atoms with Crippen molar-refractivity contribution < 1.29 is 9.53 Å². The zero-order valence-corrected chi connectivity index (χ0v) is 17.7. The molecule has 0 aliphatic carbocycles. The van der Waals surface area contributed by atoms with Gasteiger partial charge in [-0.25, -0.2) is 5.43 Å². The number of aryl methyl sites for hydroxylation is 2. The first-order valence-electron chi connectivity index (χ1n) is 9.42. The molecule has 6 heteroatoms. The summed E-state index contributed by atoms with van der Waals surface area (Å²) < 4.78 is 7.50. The Morgan fingerprint density at radius 1 is 1.14 bits per heavy atom. The molecule has 29 heavy (non-hydrogen) atoms. The fourth-order valence-electron chi connectivity index (χ4n) is 3.13. The fraction of sp³-hybridized carbons (Fsp3) is 0.217. The molecule has 0 bridgehead atoms. The van der Waals surface area contributed by atoms with E-state index in [9.17, 15) is 4.79 Å². The summed E-state index contributed by atoms with van der Waals surface area (Å²) in [7, 11) is 0. The van der Waals surface area contributed by atoms with E-state index in [0.717, 1.165) is 39.0 Å². The van der Waals surface area contributed by atoms with Gasteiger partial charge < -0.3 is 9.30 Å². The molecule has 0 radical (unpaired) electrons. The quantitative estimate of drug-likeness (QED) is 0.448. The summed E-state index contributed by atoms with van der Waals surface area (Å²) in [6.45, 7) is 8.52. The van der Waals surface area contributed by atoms with Crippen molar-refractivity contribution in [2.75, 3.05) is 6.61 Å². The van der Waals surface area contributed by atoms with Gasteiger partial charge in [0.25, 0.3) is 5.91 Å². The Kier molecular flexibility index (Phi) is 6.39. The predicted octanol–water partition coefficient (Wildman–Crippen LogP) is 5.22. The molecular formula is C23H24ClN3O2. The largest absolute Gasteiger partial charge is 0.494 e. The monoisotopic (exact) mass is 409 g/mol. The number of amides is 1. The lowest BCUT2D eigenvalue weighted by Gasteiger charge is -2.11. The van der Waals surface area contributed by atoms with Crippen LogP contribution in [0, 0.1) is 20.8 Å². The van der Waals surface area contributed by atoms with Crippen molar-refractivity contribution in [3.8, 4) is 11.4 Å². The summed E-state index contributed by atoms with van der Waals surface area (Å²) in [4.78, 5) is 12.3. The highest BCUT2D eigenvalue weighted by molar-refractivity contribution is 6.31. The minimum Gasteiger partial charge on any atom is -0.494 e. The minimum absolute atomic E-state index is 0.275. The number of ether oxygens (including phenoxy) is 1. The summed E-state index contributed by atoms with van der Waals surface area (Å²) in [5.74, 6) is 0.458. The smallest absolute Gasteiger partial charge is 0.271 e. The lowest BCUT2D eigenvalue weighted by Crippen LogP contribution is -2.17. The number of hydrazone groups is 1. The molecule has 0 saturated heterocycles. The number of hydrogen-bond donors (Lipinski definition) is 1. The number of aromatic nitrogens is 1. The predicted molar refractivity (Wildman–Crippen MR) is 118 cm³/mol. The van der Waals surface area contributed by atoms with Gasteiger partial charge in [-0.1, -0.05) is 17.7 Å². The standard InChI is InChI=1S/C23H24ClN3O2/c1-5-29-21-10-7-18(8-11-21)23(28)26-25-14-19-12-16(3)27(17(19)4)20-9-6-15(2)22(24)13-20/h6-14H,5H2,1-4H3,(H,26,28)/b25-14-. The number of nitrogens with one attached hydrogen (secondary N) is 1. The zero-order valence-electron chi connectivity index (χ0n) is 17.0. The van der Waals surface area contributed by atoms with E-state index in [1.807, 2.05) is 52.0 Å². The van der Waals surface area contributed by atoms with E-state index in [4.69, 9.17) is 16.3 Å². The summed E-state index contributed by atoms with van der Waals surface area (Å²) in [5, 5.41) is 4.85. The highest BCUT2D eigenvalue weighted by Gasteiger charge is 2.11. The molecule has 1 heterocycles. The molecule has 1 N–H and O–H groups in total. The molecular weight excluding hydrogens is 386 g/mol. The Balaban J connectivity index is 1.74. The summed E-state index contributed by atoms with van der Waals surface area (Å²) in [6.07, 6.45) is 1.65. The van der Waals surface area contributed by atoms with Crippen LogP contribution < -0.4 is 10.2 Å². The van der Waals surface area contributed by atoms with Crippen molar-refractivity contribution in [3.05, 3.63) is 81.6 Å². The minimum atomic E-state index is -0.275. The Morgan fingerprint density at radius 3 is 2.52 bits per heavy atom. The Bertz CT molecular complexity index is 1050. The van der Waals surface area contributed by atoms with Crippen LogP contribution in [-0.4, -0.2) is 23.3 Å². The summed E-state index contributed by atoms with van der Waals surface area (Å²) in [6, 6.07) is 15.0. The number of carbonyl (C=O) groups is 1. The lowest BCUT2D eigenvalue weighted by atomic mass is 10.2. The maximum atomic E-state index is 12.3. The van der Waals surface area contributed by atoms with E-state index >= 15 is 0 Å².